The Balaban J connectivity index is 1.33. The number of halogens is 1. The van der Waals surface area contributed by atoms with Crippen LogP contribution in [0.4, 0.5) is 4.39 Å². The van der Waals surface area contributed by atoms with E-state index in [2.05, 4.69) is 39.3 Å². The Kier molecular flexibility index (Phi) is 4.88. The van der Waals surface area contributed by atoms with Crippen molar-refractivity contribution < 1.29 is 14.2 Å². The SMILES string of the molecule is CC1C[C@@]2(C)C[C@H](Oc3cnc(-c4ccc(-n5ccnc5)cc4O)nn3)[C@@H](F)[C@@](C)(C1)N2. The maximum Gasteiger partial charge on any atom is 0.252 e. The molecule has 2 saturated heterocycles. The first-order chi connectivity index (χ1) is 15.2. The van der Waals surface area contributed by atoms with Crippen LogP contribution in [0.5, 0.6) is 11.6 Å². The summed E-state index contributed by atoms with van der Waals surface area (Å²) in [4.78, 5) is 8.30. The predicted molar refractivity (Wildman–Crippen MR) is 116 cm³/mol. The molecule has 0 amide bonds. The molecule has 2 fully saturated rings. The number of hydrogen-bond donors (Lipinski definition) is 2. The van der Waals surface area contributed by atoms with Crippen LogP contribution in [0.15, 0.2) is 43.1 Å². The minimum atomic E-state index is -1.17. The summed E-state index contributed by atoms with van der Waals surface area (Å²) in [6.45, 7) is 6.24. The van der Waals surface area contributed by atoms with Crippen LogP contribution < -0.4 is 10.1 Å². The van der Waals surface area contributed by atoms with E-state index < -0.39 is 17.8 Å². The lowest BCUT2D eigenvalue weighted by Crippen LogP contribution is -2.72. The van der Waals surface area contributed by atoms with E-state index in [-0.39, 0.29) is 23.0 Å². The zero-order valence-corrected chi connectivity index (χ0v) is 18.4. The van der Waals surface area contributed by atoms with Crippen LogP contribution in [-0.4, -0.2) is 53.2 Å². The number of benzene rings is 1. The number of fused-ring (bicyclic) bond motifs is 2. The standard InChI is InChI=1S/C23H27FN6O2/c1-14-9-22(2)11-18(20(24)23(3,10-14)29-22)32-19-12-26-21(28-27-19)16-5-4-15(8-17(16)31)30-7-6-25-13-30/h4-8,12-14,18,20,29,31H,9-11H2,1-3H3/t14?,18-,20+,22-,23+/m0/s1. The van der Waals surface area contributed by atoms with Gasteiger partial charge in [-0.3, -0.25) is 0 Å². The van der Waals surface area contributed by atoms with E-state index in [0.717, 1.165) is 18.5 Å². The van der Waals surface area contributed by atoms with E-state index in [4.69, 9.17) is 4.74 Å². The molecule has 9 heteroatoms. The molecule has 5 rings (SSSR count). The first-order valence-corrected chi connectivity index (χ1v) is 10.9. The van der Waals surface area contributed by atoms with Crippen LogP contribution in [0.2, 0.25) is 0 Å². The first-order valence-electron chi connectivity index (χ1n) is 10.9. The Morgan fingerprint density at radius 3 is 2.75 bits per heavy atom. The second-order valence-electron chi connectivity index (χ2n) is 9.67. The first kappa shape index (κ1) is 20.8. The van der Waals surface area contributed by atoms with Crippen molar-refractivity contribution in [3.63, 3.8) is 0 Å². The van der Waals surface area contributed by atoms with Crippen molar-refractivity contribution in [1.29, 1.82) is 0 Å². The zero-order chi connectivity index (χ0) is 22.5. The van der Waals surface area contributed by atoms with Crippen molar-refractivity contribution in [3.8, 4) is 28.7 Å². The average Bonchev–Trinajstić information content (AvgIpc) is 3.26. The molecule has 1 aromatic carbocycles. The normalized spacial score (nSPS) is 31.9. The molecule has 2 aromatic heterocycles. The highest BCUT2D eigenvalue weighted by atomic mass is 19.1. The van der Waals surface area contributed by atoms with E-state index in [1.807, 2.05) is 13.0 Å². The lowest BCUT2D eigenvalue weighted by molar-refractivity contribution is -0.0750. The van der Waals surface area contributed by atoms with Crippen LogP contribution in [0, 0.1) is 5.92 Å². The van der Waals surface area contributed by atoms with Crippen LogP contribution in [0.3, 0.4) is 0 Å². The Labute approximate surface area is 185 Å². The van der Waals surface area contributed by atoms with Crippen molar-refractivity contribution in [2.24, 2.45) is 5.92 Å². The van der Waals surface area contributed by atoms with Crippen molar-refractivity contribution in [2.75, 3.05) is 0 Å². The molecule has 4 heterocycles. The van der Waals surface area contributed by atoms with Gasteiger partial charge in [-0.2, -0.15) is 0 Å². The summed E-state index contributed by atoms with van der Waals surface area (Å²) in [6.07, 6.45) is 7.03. The zero-order valence-electron chi connectivity index (χ0n) is 18.4. The highest BCUT2D eigenvalue weighted by Crippen LogP contribution is 2.44. The van der Waals surface area contributed by atoms with E-state index >= 15 is 4.39 Å². The number of aromatic nitrogens is 5. The van der Waals surface area contributed by atoms with Crippen LogP contribution in [0.25, 0.3) is 17.1 Å². The van der Waals surface area contributed by atoms with Gasteiger partial charge in [0.2, 0.25) is 0 Å². The van der Waals surface area contributed by atoms with Gasteiger partial charge >= 0.3 is 0 Å². The highest BCUT2D eigenvalue weighted by Gasteiger charge is 2.55. The third-order valence-corrected chi connectivity index (χ3v) is 6.58. The molecule has 2 aliphatic rings. The second kappa shape index (κ2) is 7.51. The second-order valence-corrected chi connectivity index (χ2v) is 9.67. The van der Waals surface area contributed by atoms with Gasteiger partial charge in [0.1, 0.15) is 11.9 Å². The summed E-state index contributed by atoms with van der Waals surface area (Å²) in [5.74, 6) is 0.922. The van der Waals surface area contributed by atoms with Crippen molar-refractivity contribution in [3.05, 3.63) is 43.1 Å². The number of nitrogens with one attached hydrogen (secondary N) is 1. The number of rotatable bonds is 4. The highest BCUT2D eigenvalue weighted by molar-refractivity contribution is 5.65. The maximum absolute atomic E-state index is 15.4. The Morgan fingerprint density at radius 2 is 2.06 bits per heavy atom. The van der Waals surface area contributed by atoms with Gasteiger partial charge in [0, 0.05) is 30.4 Å². The number of piperidine rings is 2. The molecule has 8 nitrogen and oxygen atoms in total. The quantitative estimate of drug-likeness (QED) is 0.644. The van der Waals surface area contributed by atoms with E-state index in [0.29, 0.717) is 17.9 Å². The number of hydrogen-bond acceptors (Lipinski definition) is 7. The van der Waals surface area contributed by atoms with Gasteiger partial charge in [0.25, 0.3) is 5.88 Å². The molecule has 1 unspecified atom stereocenters. The predicted octanol–water partition coefficient (Wildman–Crippen LogP) is 3.46. The summed E-state index contributed by atoms with van der Waals surface area (Å²) in [5, 5.41) is 22.2. The van der Waals surface area contributed by atoms with Crippen molar-refractivity contribution in [1.82, 2.24) is 30.0 Å². The summed E-state index contributed by atoms with van der Waals surface area (Å²) in [7, 11) is 0. The molecular weight excluding hydrogens is 411 g/mol. The molecule has 2 N–H and O–H groups in total. The maximum atomic E-state index is 15.4. The van der Waals surface area contributed by atoms with Gasteiger partial charge < -0.3 is 19.7 Å². The summed E-state index contributed by atoms with van der Waals surface area (Å²) in [5.41, 5.74) is 0.405. The Morgan fingerprint density at radius 1 is 1.22 bits per heavy atom. The lowest BCUT2D eigenvalue weighted by Gasteiger charge is -2.56. The number of alkyl halides is 1. The molecule has 0 spiro atoms. The molecule has 0 saturated carbocycles. The van der Waals surface area contributed by atoms with E-state index in [9.17, 15) is 5.11 Å². The molecule has 5 atom stereocenters. The fourth-order valence-electron chi connectivity index (χ4n) is 5.61. The molecule has 0 radical (unpaired) electrons. The van der Waals surface area contributed by atoms with Gasteiger partial charge in [-0.25, -0.2) is 14.4 Å². The smallest absolute Gasteiger partial charge is 0.252 e. The van der Waals surface area contributed by atoms with Gasteiger partial charge in [0.15, 0.2) is 12.0 Å². The molecular formula is C23H27FN6O2. The van der Waals surface area contributed by atoms with Crippen LogP contribution in [0.1, 0.15) is 40.0 Å². The van der Waals surface area contributed by atoms with Crippen molar-refractivity contribution in [2.45, 2.75) is 63.4 Å². The summed E-state index contributed by atoms with van der Waals surface area (Å²) < 4.78 is 23.1. The number of imidazole rings is 1. The monoisotopic (exact) mass is 438 g/mol. The molecule has 3 aromatic rings. The molecule has 0 aliphatic carbocycles. The topological polar surface area (TPSA) is 98.0 Å². The van der Waals surface area contributed by atoms with Gasteiger partial charge in [-0.1, -0.05) is 6.92 Å². The van der Waals surface area contributed by atoms with E-state index in [1.54, 1.807) is 35.4 Å². The number of ether oxygens (including phenoxy) is 1. The van der Waals surface area contributed by atoms with Crippen molar-refractivity contribution >= 4 is 0 Å². The molecule has 32 heavy (non-hydrogen) atoms. The summed E-state index contributed by atoms with van der Waals surface area (Å²) in [6, 6.07) is 5.15. The lowest BCUT2D eigenvalue weighted by atomic mass is 9.65. The number of phenolic OH excluding ortho intramolecular Hbond substituents is 1. The number of phenols is 1. The van der Waals surface area contributed by atoms with Gasteiger partial charge in [-0.15, -0.1) is 10.2 Å². The van der Waals surface area contributed by atoms with E-state index in [1.165, 1.54) is 6.20 Å². The molecule has 2 aliphatic heterocycles. The van der Waals surface area contributed by atoms with Gasteiger partial charge in [0.05, 0.1) is 29.3 Å². The fraction of sp³-hybridized carbons (Fsp3) is 0.478. The third kappa shape index (κ3) is 3.70. The number of nitrogens with zero attached hydrogens (tertiary/aromatic N) is 5. The largest absolute Gasteiger partial charge is 0.507 e. The number of aromatic hydroxyl groups is 1. The Bertz CT molecular complexity index is 1110. The van der Waals surface area contributed by atoms with Crippen LogP contribution in [-0.2, 0) is 0 Å². The minimum Gasteiger partial charge on any atom is -0.507 e. The average molecular weight is 439 g/mol. The third-order valence-electron chi connectivity index (χ3n) is 6.58. The van der Waals surface area contributed by atoms with Gasteiger partial charge in [-0.05, 0) is 44.7 Å². The molecule has 168 valence electrons. The van der Waals surface area contributed by atoms with Crippen LogP contribution >= 0.6 is 0 Å². The molecule has 2 bridgehead atoms. The summed E-state index contributed by atoms with van der Waals surface area (Å²) >= 11 is 0. The fourth-order valence-corrected chi connectivity index (χ4v) is 5.61. The minimum absolute atomic E-state index is 0.0247. The Hall–Kier alpha value is -3.07.